The summed E-state index contributed by atoms with van der Waals surface area (Å²) in [5.74, 6) is -0.756. The van der Waals surface area contributed by atoms with E-state index in [1.807, 2.05) is 24.3 Å². The van der Waals surface area contributed by atoms with Crippen molar-refractivity contribution < 1.29 is 65.8 Å². The summed E-state index contributed by atoms with van der Waals surface area (Å²) in [6, 6.07) is 122. The molecule has 0 saturated heterocycles. The van der Waals surface area contributed by atoms with Gasteiger partial charge in [-0.1, -0.05) is 206 Å². The highest BCUT2D eigenvalue weighted by Crippen LogP contribution is 2.55. The van der Waals surface area contributed by atoms with E-state index in [0.29, 0.717) is 39.3 Å². The SMILES string of the molecule is O=C(c1ccccc1)c1ccc(O)c(O)c1.O=C(c1ccccc1)c1ccc(O)cc1O.Oc1cc(O)cc(O)c1.Oc1ccc([P+](c2ccccc2)(c2ccccc2)c2ccccc2)cc1.Oc1ccc([P+](c2ccccc2)(c2ccccc2)c2ccccc2)cc1.Oc1ccccc1-c1ccccc1O. The van der Waals surface area contributed by atoms with Crippen molar-refractivity contribution in [1.29, 1.82) is 0 Å². The number of ketones is 2. The Morgan fingerprint density at radius 1 is 0.178 bits per heavy atom. The molecule has 15 heteroatoms. The number of hydrogen-bond donors (Lipinski definition) is 11. The molecule has 0 aliphatic heterocycles. The zero-order valence-corrected chi connectivity index (χ0v) is 59.4. The van der Waals surface area contributed by atoms with Crippen LogP contribution >= 0.6 is 14.5 Å². The molecular formula is C92H76O13P2+2. The van der Waals surface area contributed by atoms with Gasteiger partial charge in [0.15, 0.2) is 23.1 Å². The van der Waals surface area contributed by atoms with E-state index in [1.54, 1.807) is 109 Å². The Labute approximate surface area is 621 Å². The predicted octanol–water partition coefficient (Wildman–Crippen LogP) is 16.2. The number of aromatic hydroxyl groups is 11. The highest BCUT2D eigenvalue weighted by molar-refractivity contribution is 8.02. The smallest absolute Gasteiger partial charge is 0.196 e. The third-order valence-electron chi connectivity index (χ3n) is 16.9. The summed E-state index contributed by atoms with van der Waals surface area (Å²) in [7, 11) is -4.07. The topological polar surface area (TPSA) is 257 Å². The van der Waals surface area contributed by atoms with E-state index in [9.17, 15) is 40.2 Å². The Bertz CT molecular complexity index is 4850. The van der Waals surface area contributed by atoms with E-state index < -0.39 is 14.5 Å². The van der Waals surface area contributed by atoms with Gasteiger partial charge in [-0.15, -0.1) is 0 Å². The molecule has 15 rings (SSSR count). The Morgan fingerprint density at radius 2 is 0.449 bits per heavy atom. The summed E-state index contributed by atoms with van der Waals surface area (Å²) in [5.41, 5.74) is 2.87. The third-order valence-corrected chi connectivity index (χ3v) is 25.4. The zero-order valence-electron chi connectivity index (χ0n) is 57.7. The zero-order chi connectivity index (χ0) is 75.6. The molecule has 0 aliphatic rings. The lowest BCUT2D eigenvalue weighted by Gasteiger charge is -2.27. The Balaban J connectivity index is 0.000000142. The van der Waals surface area contributed by atoms with Crippen molar-refractivity contribution in [2.24, 2.45) is 0 Å². The van der Waals surface area contributed by atoms with Gasteiger partial charge < -0.3 is 56.2 Å². The third kappa shape index (κ3) is 19.1. The number of phenolic OH excluding ortho intramolecular Hbond substituents is 11. The number of carbonyl (C=O) groups excluding carboxylic acids is 2. The number of para-hydroxylation sites is 2. The number of hydrogen-bond acceptors (Lipinski definition) is 13. The summed E-state index contributed by atoms with van der Waals surface area (Å²) < 4.78 is 0. The molecule has 0 radical (unpaired) electrons. The molecule has 107 heavy (non-hydrogen) atoms. The van der Waals surface area contributed by atoms with E-state index in [0.717, 1.165) is 24.3 Å². The second kappa shape index (κ2) is 36.9. The van der Waals surface area contributed by atoms with Crippen LogP contribution in [-0.2, 0) is 0 Å². The lowest BCUT2D eigenvalue weighted by atomic mass is 10.0. The number of rotatable bonds is 13. The Kier molecular flexibility index (Phi) is 26.2. The van der Waals surface area contributed by atoms with Crippen molar-refractivity contribution in [3.8, 4) is 74.4 Å². The van der Waals surface area contributed by atoms with Crippen molar-refractivity contribution in [3.63, 3.8) is 0 Å². The fourth-order valence-corrected chi connectivity index (χ4v) is 20.4. The van der Waals surface area contributed by atoms with Gasteiger partial charge in [0.2, 0.25) is 0 Å². The fraction of sp³-hybridized carbons (Fsp3) is 0. The highest BCUT2D eigenvalue weighted by Gasteiger charge is 2.49. The molecule has 0 amide bonds. The van der Waals surface area contributed by atoms with Crippen LogP contribution in [0.25, 0.3) is 11.1 Å². The molecule has 13 nitrogen and oxygen atoms in total. The van der Waals surface area contributed by atoms with Crippen molar-refractivity contribution in [2.75, 3.05) is 0 Å². The minimum absolute atomic E-state index is 0.0675. The molecule has 0 bridgehead atoms. The molecule has 0 aliphatic carbocycles. The Hall–Kier alpha value is -13.7. The van der Waals surface area contributed by atoms with E-state index >= 15 is 0 Å². The van der Waals surface area contributed by atoms with Gasteiger partial charge in [0.1, 0.15) is 109 Å². The first-order chi connectivity index (χ1) is 52.0. The van der Waals surface area contributed by atoms with Gasteiger partial charge in [0.25, 0.3) is 0 Å². The predicted molar refractivity (Wildman–Crippen MR) is 432 cm³/mol. The number of phenols is 11. The van der Waals surface area contributed by atoms with Crippen LogP contribution in [0.3, 0.4) is 0 Å². The first-order valence-electron chi connectivity index (χ1n) is 33.7. The van der Waals surface area contributed by atoms with Crippen LogP contribution in [0.2, 0.25) is 0 Å². The molecule has 15 aromatic rings. The fourth-order valence-electron chi connectivity index (χ4n) is 11.9. The molecule has 0 atom stereocenters. The van der Waals surface area contributed by atoms with Crippen molar-refractivity contribution in [2.45, 2.75) is 0 Å². The van der Waals surface area contributed by atoms with Crippen molar-refractivity contribution >= 4 is 68.5 Å². The lowest BCUT2D eigenvalue weighted by molar-refractivity contribution is 0.102. The molecule has 0 fully saturated rings. The molecular weight excluding hydrogens is 1370 g/mol. The van der Waals surface area contributed by atoms with Crippen LogP contribution in [0, 0.1) is 0 Å². The minimum atomic E-state index is -2.04. The van der Waals surface area contributed by atoms with E-state index in [4.69, 9.17) is 25.5 Å². The largest absolute Gasteiger partial charge is 0.508 e. The van der Waals surface area contributed by atoms with Crippen LogP contribution in [0.1, 0.15) is 31.8 Å². The number of benzene rings is 15. The lowest BCUT2D eigenvalue weighted by Crippen LogP contribution is -2.38. The minimum Gasteiger partial charge on any atom is -0.508 e. The van der Waals surface area contributed by atoms with Gasteiger partial charge in [-0.05, 0) is 164 Å². The first-order valence-corrected chi connectivity index (χ1v) is 37.3. The molecule has 0 spiro atoms. The van der Waals surface area contributed by atoms with Crippen LogP contribution in [0.5, 0.6) is 63.2 Å². The van der Waals surface area contributed by atoms with E-state index in [-0.39, 0.29) is 68.9 Å². The Morgan fingerprint density at radius 3 is 0.748 bits per heavy atom. The number of carbonyl (C=O) groups is 2. The van der Waals surface area contributed by atoms with Gasteiger partial charge >= 0.3 is 0 Å². The van der Waals surface area contributed by atoms with Crippen LogP contribution < -0.4 is 42.4 Å². The maximum atomic E-state index is 11.9. The normalized spacial score (nSPS) is 10.5. The molecule has 11 N–H and O–H groups in total. The van der Waals surface area contributed by atoms with Crippen LogP contribution in [-0.4, -0.2) is 67.7 Å². The molecule has 0 heterocycles. The van der Waals surface area contributed by atoms with Gasteiger partial charge in [-0.3, -0.25) is 9.59 Å². The summed E-state index contributed by atoms with van der Waals surface area (Å²) in [6.45, 7) is 0. The van der Waals surface area contributed by atoms with E-state index in [1.165, 1.54) is 72.8 Å². The monoisotopic (exact) mass is 1450 g/mol. The van der Waals surface area contributed by atoms with Gasteiger partial charge in [0, 0.05) is 52.1 Å². The van der Waals surface area contributed by atoms with Crippen LogP contribution in [0.15, 0.2) is 394 Å². The van der Waals surface area contributed by atoms with Gasteiger partial charge in [-0.25, -0.2) is 0 Å². The van der Waals surface area contributed by atoms with Crippen molar-refractivity contribution in [3.05, 3.63) is 417 Å². The molecule has 0 saturated carbocycles. The van der Waals surface area contributed by atoms with E-state index in [2.05, 4.69) is 206 Å². The van der Waals surface area contributed by atoms with Gasteiger partial charge in [0.05, 0.1) is 5.56 Å². The van der Waals surface area contributed by atoms with Crippen LogP contribution in [0.4, 0.5) is 0 Å². The summed E-state index contributed by atoms with van der Waals surface area (Å²) in [5, 5.41) is 112. The average molecular weight is 1450 g/mol. The second-order valence-electron chi connectivity index (χ2n) is 23.9. The molecule has 0 unspecified atom stereocenters. The standard InChI is InChI=1S/2C24H19OP.2C13H10O3.C12H10O2.C6H6O3/c2*25-20-16-18-24(19-17-20)26(21-10-4-1-5-11-21,22-12-6-2-7-13-22)23-14-8-3-9-15-23;14-10-6-7-11(12(15)8-10)13(16)9-4-2-1-3-5-9;14-11-7-6-10(8-12(11)15)13(16)9-4-2-1-3-5-9;13-11-7-3-1-5-9(11)10-6-2-4-8-12(10)14;7-4-1-5(8)3-6(9)2-4/h2*1-19H;2*1-8,14-15H;1-8,13-14H;1-3,7-9H/p+2. The highest BCUT2D eigenvalue weighted by atomic mass is 31.2. The summed E-state index contributed by atoms with van der Waals surface area (Å²) in [4.78, 5) is 23.9. The quantitative estimate of drug-likeness (QED) is 0.0292. The van der Waals surface area contributed by atoms with Crippen molar-refractivity contribution in [1.82, 2.24) is 0 Å². The second-order valence-corrected chi connectivity index (χ2v) is 30.7. The maximum absolute atomic E-state index is 11.9. The summed E-state index contributed by atoms with van der Waals surface area (Å²) >= 11 is 0. The molecule has 0 aromatic heterocycles. The maximum Gasteiger partial charge on any atom is 0.196 e. The molecule has 15 aromatic carbocycles. The van der Waals surface area contributed by atoms with Gasteiger partial charge in [-0.2, -0.15) is 0 Å². The summed E-state index contributed by atoms with van der Waals surface area (Å²) in [6.07, 6.45) is 0. The average Bonchev–Trinajstić information content (AvgIpc) is 0.742. The first kappa shape index (κ1) is 76.0. The molecule has 530 valence electrons.